The summed E-state index contributed by atoms with van der Waals surface area (Å²) in [5.74, 6) is 0.788. The number of hydrogen-bond donors (Lipinski definition) is 1. The summed E-state index contributed by atoms with van der Waals surface area (Å²) in [5.41, 5.74) is 1.37. The summed E-state index contributed by atoms with van der Waals surface area (Å²) >= 11 is 3.62. The fraction of sp³-hybridized carbons (Fsp3) is 0.417. The van der Waals surface area contributed by atoms with Crippen molar-refractivity contribution in [1.82, 2.24) is 10.3 Å². The van der Waals surface area contributed by atoms with Gasteiger partial charge in [-0.2, -0.15) is 11.3 Å². The van der Waals surface area contributed by atoms with E-state index in [1.165, 1.54) is 28.3 Å². The van der Waals surface area contributed by atoms with Crippen molar-refractivity contribution in [3.63, 3.8) is 0 Å². The number of thiophene rings is 1. The van der Waals surface area contributed by atoms with E-state index in [-0.39, 0.29) is 0 Å². The molecule has 1 N–H and O–H groups in total. The van der Waals surface area contributed by atoms with Gasteiger partial charge in [0.2, 0.25) is 0 Å². The van der Waals surface area contributed by atoms with Crippen molar-refractivity contribution >= 4 is 22.7 Å². The van der Waals surface area contributed by atoms with Gasteiger partial charge in [0.1, 0.15) is 0 Å². The SMILES string of the molecule is c1cc(CNCc2cnc(C3CC3)s2)cs1. The van der Waals surface area contributed by atoms with Gasteiger partial charge in [0.15, 0.2) is 0 Å². The third-order valence-corrected chi connectivity index (χ3v) is 4.60. The lowest BCUT2D eigenvalue weighted by Gasteiger charge is -1.99. The topological polar surface area (TPSA) is 24.9 Å². The maximum Gasteiger partial charge on any atom is 0.0959 e. The van der Waals surface area contributed by atoms with E-state index in [2.05, 4.69) is 27.1 Å². The Labute approximate surface area is 103 Å². The molecule has 3 rings (SSSR count). The maximum atomic E-state index is 4.47. The predicted octanol–water partition coefficient (Wildman–Crippen LogP) is 3.37. The monoisotopic (exact) mass is 250 g/mol. The van der Waals surface area contributed by atoms with Gasteiger partial charge in [-0.1, -0.05) is 0 Å². The van der Waals surface area contributed by atoms with Crippen LogP contribution in [0.4, 0.5) is 0 Å². The van der Waals surface area contributed by atoms with Crippen LogP contribution in [-0.4, -0.2) is 4.98 Å². The highest BCUT2D eigenvalue weighted by molar-refractivity contribution is 7.11. The molecular weight excluding hydrogens is 236 g/mol. The molecule has 2 heterocycles. The minimum absolute atomic E-state index is 0.788. The third-order valence-electron chi connectivity index (χ3n) is 2.71. The molecule has 0 radical (unpaired) electrons. The summed E-state index contributed by atoms with van der Waals surface area (Å²) < 4.78 is 0. The number of thiazole rings is 1. The Hall–Kier alpha value is -0.710. The first-order chi connectivity index (χ1) is 7.92. The Kier molecular flexibility index (Phi) is 3.04. The van der Waals surface area contributed by atoms with Crippen LogP contribution in [0, 0.1) is 0 Å². The van der Waals surface area contributed by atoms with Gasteiger partial charge in [-0.3, -0.25) is 0 Å². The fourth-order valence-corrected chi connectivity index (χ4v) is 3.37. The van der Waals surface area contributed by atoms with E-state index in [4.69, 9.17) is 0 Å². The molecule has 2 aromatic heterocycles. The molecule has 1 aliphatic rings. The molecule has 4 heteroatoms. The molecule has 0 spiro atoms. The van der Waals surface area contributed by atoms with Crippen LogP contribution in [-0.2, 0) is 13.1 Å². The van der Waals surface area contributed by atoms with E-state index < -0.39 is 0 Å². The van der Waals surface area contributed by atoms with Crippen molar-refractivity contribution in [1.29, 1.82) is 0 Å². The van der Waals surface area contributed by atoms with Crippen LogP contribution < -0.4 is 5.32 Å². The smallest absolute Gasteiger partial charge is 0.0959 e. The molecule has 0 unspecified atom stereocenters. The van der Waals surface area contributed by atoms with E-state index >= 15 is 0 Å². The van der Waals surface area contributed by atoms with Crippen LogP contribution in [0.25, 0.3) is 0 Å². The van der Waals surface area contributed by atoms with Gasteiger partial charge in [0.25, 0.3) is 0 Å². The predicted molar refractivity (Wildman–Crippen MR) is 69.0 cm³/mol. The molecule has 1 fully saturated rings. The standard InChI is InChI=1S/C12H14N2S2/c1-2-10(1)12-14-7-11(16-12)6-13-5-9-3-4-15-8-9/h3-4,7-8,10,13H,1-2,5-6H2. The van der Waals surface area contributed by atoms with Gasteiger partial charge in [-0.05, 0) is 35.2 Å². The molecule has 0 aliphatic heterocycles. The van der Waals surface area contributed by atoms with E-state index in [1.54, 1.807) is 11.3 Å². The molecule has 1 saturated carbocycles. The van der Waals surface area contributed by atoms with Crippen LogP contribution in [0.3, 0.4) is 0 Å². The van der Waals surface area contributed by atoms with Crippen LogP contribution in [0.1, 0.15) is 34.2 Å². The van der Waals surface area contributed by atoms with Gasteiger partial charge in [0.05, 0.1) is 5.01 Å². The zero-order chi connectivity index (χ0) is 10.8. The van der Waals surface area contributed by atoms with Gasteiger partial charge in [-0.15, -0.1) is 11.3 Å². The average molecular weight is 250 g/mol. The van der Waals surface area contributed by atoms with Gasteiger partial charge in [-0.25, -0.2) is 4.98 Å². The molecule has 2 nitrogen and oxygen atoms in total. The summed E-state index contributed by atoms with van der Waals surface area (Å²) in [6.07, 6.45) is 4.71. The van der Waals surface area contributed by atoms with Crippen LogP contribution in [0.15, 0.2) is 23.0 Å². The van der Waals surface area contributed by atoms with Gasteiger partial charge < -0.3 is 5.32 Å². The van der Waals surface area contributed by atoms with Crippen LogP contribution in [0.2, 0.25) is 0 Å². The minimum Gasteiger partial charge on any atom is -0.308 e. The molecule has 0 aromatic carbocycles. The van der Waals surface area contributed by atoms with Gasteiger partial charge >= 0.3 is 0 Å². The highest BCUT2D eigenvalue weighted by Crippen LogP contribution is 2.41. The van der Waals surface area contributed by atoms with E-state index in [9.17, 15) is 0 Å². The second-order valence-corrected chi connectivity index (χ2v) is 6.10. The van der Waals surface area contributed by atoms with E-state index in [0.29, 0.717) is 0 Å². The number of rotatable bonds is 5. The third kappa shape index (κ3) is 2.51. The molecule has 2 aromatic rings. The Balaban J connectivity index is 1.50. The van der Waals surface area contributed by atoms with E-state index in [1.807, 2.05) is 17.5 Å². The Morgan fingerprint density at radius 2 is 2.31 bits per heavy atom. The molecule has 0 saturated heterocycles. The van der Waals surface area contributed by atoms with Crippen molar-refractivity contribution in [2.24, 2.45) is 0 Å². The number of nitrogens with zero attached hydrogens (tertiary/aromatic N) is 1. The molecule has 0 bridgehead atoms. The lowest BCUT2D eigenvalue weighted by molar-refractivity contribution is 0.701. The lowest BCUT2D eigenvalue weighted by Crippen LogP contribution is -2.10. The van der Waals surface area contributed by atoms with Crippen molar-refractivity contribution < 1.29 is 0 Å². The van der Waals surface area contributed by atoms with Crippen molar-refractivity contribution in [2.45, 2.75) is 31.8 Å². The zero-order valence-electron chi connectivity index (χ0n) is 8.98. The first-order valence-electron chi connectivity index (χ1n) is 5.58. The second-order valence-electron chi connectivity index (χ2n) is 4.17. The first kappa shape index (κ1) is 10.4. The Bertz CT molecular complexity index is 443. The Morgan fingerprint density at radius 1 is 1.38 bits per heavy atom. The number of nitrogens with one attached hydrogen (secondary N) is 1. The van der Waals surface area contributed by atoms with Crippen molar-refractivity contribution in [2.75, 3.05) is 0 Å². The molecular formula is C12H14N2S2. The maximum absolute atomic E-state index is 4.47. The number of aromatic nitrogens is 1. The summed E-state index contributed by atoms with van der Waals surface area (Å²) in [7, 11) is 0. The summed E-state index contributed by atoms with van der Waals surface area (Å²) in [6.45, 7) is 1.90. The quantitative estimate of drug-likeness (QED) is 0.880. The normalized spacial score (nSPS) is 15.5. The molecule has 0 atom stereocenters. The highest BCUT2D eigenvalue weighted by atomic mass is 32.1. The molecule has 1 aliphatic carbocycles. The fourth-order valence-electron chi connectivity index (χ4n) is 1.65. The summed E-state index contributed by atoms with van der Waals surface area (Å²) in [5, 5.41) is 9.10. The van der Waals surface area contributed by atoms with Crippen LogP contribution >= 0.6 is 22.7 Å². The first-order valence-corrected chi connectivity index (χ1v) is 7.34. The summed E-state index contributed by atoms with van der Waals surface area (Å²) in [6, 6.07) is 2.17. The van der Waals surface area contributed by atoms with Crippen molar-refractivity contribution in [3.05, 3.63) is 38.5 Å². The molecule has 84 valence electrons. The lowest BCUT2D eigenvalue weighted by atomic mass is 10.3. The average Bonchev–Trinajstić information content (AvgIpc) is 2.83. The largest absolute Gasteiger partial charge is 0.308 e. The van der Waals surface area contributed by atoms with Crippen molar-refractivity contribution in [3.8, 4) is 0 Å². The molecule has 0 amide bonds. The zero-order valence-corrected chi connectivity index (χ0v) is 10.6. The number of hydrogen-bond acceptors (Lipinski definition) is 4. The van der Waals surface area contributed by atoms with Crippen LogP contribution in [0.5, 0.6) is 0 Å². The molecule has 16 heavy (non-hydrogen) atoms. The Morgan fingerprint density at radius 3 is 3.06 bits per heavy atom. The minimum atomic E-state index is 0.788. The second kappa shape index (κ2) is 4.65. The van der Waals surface area contributed by atoms with Gasteiger partial charge in [0, 0.05) is 30.1 Å². The summed E-state index contributed by atoms with van der Waals surface area (Å²) in [4.78, 5) is 5.83. The van der Waals surface area contributed by atoms with E-state index in [0.717, 1.165) is 19.0 Å². The highest BCUT2D eigenvalue weighted by Gasteiger charge is 2.26.